The molecule has 0 bridgehead atoms. The lowest BCUT2D eigenvalue weighted by molar-refractivity contribution is 0.490. The summed E-state index contributed by atoms with van der Waals surface area (Å²) in [7, 11) is 0. The Balaban J connectivity index is 2.33. The number of hydrogen-bond acceptors (Lipinski definition) is 0. The Morgan fingerprint density at radius 3 is 2.30 bits per heavy atom. The topological polar surface area (TPSA) is 0 Å². The smallest absolute Gasteiger partial charge is 0.162 e. The van der Waals surface area contributed by atoms with Crippen molar-refractivity contribution in [2.45, 2.75) is 45.4 Å². The summed E-state index contributed by atoms with van der Waals surface area (Å²) in [5.74, 6) is -1.84. The van der Waals surface area contributed by atoms with E-state index in [2.05, 4.69) is 20.8 Å². The van der Waals surface area contributed by atoms with E-state index >= 15 is 0 Å². The first-order chi connectivity index (χ1) is 10.6. The molecule has 2 rings (SSSR count). The minimum absolute atomic E-state index is 0.112. The van der Waals surface area contributed by atoms with Gasteiger partial charge in [0, 0.05) is 10.0 Å². The second-order valence-electron chi connectivity index (χ2n) is 6.92. The second-order valence-corrected chi connectivity index (χ2v) is 7.74. The molecule has 0 saturated carbocycles. The van der Waals surface area contributed by atoms with Crippen LogP contribution in [0.3, 0.4) is 0 Å². The number of rotatable bonds is 3. The highest BCUT2D eigenvalue weighted by atomic mass is 35.5. The SMILES string of the molecule is CC(Cc1cc(Cl)c(C(C)(C)C)cc1Cl)c1cccc(F)c1F. The quantitative estimate of drug-likeness (QED) is 0.560. The van der Waals surface area contributed by atoms with Crippen molar-refractivity contribution in [3.05, 3.63) is 68.7 Å². The van der Waals surface area contributed by atoms with Crippen molar-refractivity contribution in [2.24, 2.45) is 0 Å². The molecule has 0 nitrogen and oxygen atoms in total. The molecule has 0 radical (unpaired) electrons. The molecule has 0 aliphatic rings. The van der Waals surface area contributed by atoms with Gasteiger partial charge in [0.15, 0.2) is 11.6 Å². The summed E-state index contributed by atoms with van der Waals surface area (Å²) >= 11 is 12.8. The van der Waals surface area contributed by atoms with Crippen molar-refractivity contribution in [1.82, 2.24) is 0 Å². The van der Waals surface area contributed by atoms with Crippen LogP contribution in [0.25, 0.3) is 0 Å². The van der Waals surface area contributed by atoms with Crippen molar-refractivity contribution in [1.29, 1.82) is 0 Å². The molecule has 124 valence electrons. The Hall–Kier alpha value is -1.12. The molecular weight excluding hydrogens is 337 g/mol. The predicted molar refractivity (Wildman–Crippen MR) is 93.6 cm³/mol. The highest BCUT2D eigenvalue weighted by Crippen LogP contribution is 2.36. The van der Waals surface area contributed by atoms with Gasteiger partial charge in [0.05, 0.1) is 0 Å². The van der Waals surface area contributed by atoms with E-state index in [4.69, 9.17) is 23.2 Å². The van der Waals surface area contributed by atoms with Gasteiger partial charge in [-0.05, 0) is 52.6 Å². The lowest BCUT2D eigenvalue weighted by Crippen LogP contribution is -2.12. The Labute approximate surface area is 146 Å². The molecule has 0 amide bonds. The molecule has 0 heterocycles. The molecule has 0 fully saturated rings. The van der Waals surface area contributed by atoms with Gasteiger partial charge in [0.1, 0.15) is 0 Å². The normalized spacial score (nSPS) is 13.2. The maximum atomic E-state index is 13.9. The fourth-order valence-electron chi connectivity index (χ4n) is 2.66. The molecule has 0 aliphatic carbocycles. The van der Waals surface area contributed by atoms with E-state index in [9.17, 15) is 8.78 Å². The first-order valence-electron chi connectivity index (χ1n) is 7.53. The monoisotopic (exact) mass is 356 g/mol. The molecule has 4 heteroatoms. The van der Waals surface area contributed by atoms with Crippen molar-refractivity contribution >= 4 is 23.2 Å². The van der Waals surface area contributed by atoms with Gasteiger partial charge in [0.2, 0.25) is 0 Å². The van der Waals surface area contributed by atoms with Crippen LogP contribution >= 0.6 is 23.2 Å². The Morgan fingerprint density at radius 2 is 1.70 bits per heavy atom. The van der Waals surface area contributed by atoms with Crippen molar-refractivity contribution < 1.29 is 8.78 Å². The van der Waals surface area contributed by atoms with Gasteiger partial charge in [-0.25, -0.2) is 8.78 Å². The summed E-state index contributed by atoms with van der Waals surface area (Å²) in [6, 6.07) is 7.93. The van der Waals surface area contributed by atoms with Crippen molar-refractivity contribution in [2.75, 3.05) is 0 Å². The predicted octanol–water partition coefficient (Wildman–Crippen LogP) is 6.92. The van der Waals surface area contributed by atoms with Crippen molar-refractivity contribution in [3.8, 4) is 0 Å². The molecule has 23 heavy (non-hydrogen) atoms. The minimum Gasteiger partial charge on any atom is -0.204 e. The molecule has 2 aromatic rings. The maximum absolute atomic E-state index is 13.9. The van der Waals surface area contributed by atoms with Crippen molar-refractivity contribution in [3.63, 3.8) is 0 Å². The van der Waals surface area contributed by atoms with Crippen LogP contribution in [0.4, 0.5) is 8.78 Å². The molecule has 0 aliphatic heterocycles. The highest BCUT2D eigenvalue weighted by Gasteiger charge is 2.21. The molecule has 0 saturated heterocycles. The van der Waals surface area contributed by atoms with Crippen LogP contribution in [0.15, 0.2) is 30.3 Å². The van der Waals surface area contributed by atoms with Gasteiger partial charge in [-0.15, -0.1) is 0 Å². The zero-order chi connectivity index (χ0) is 17.4. The third-order valence-electron chi connectivity index (χ3n) is 3.98. The van der Waals surface area contributed by atoms with Gasteiger partial charge < -0.3 is 0 Å². The van der Waals surface area contributed by atoms with Gasteiger partial charge in [-0.1, -0.05) is 63.0 Å². The second kappa shape index (κ2) is 6.78. The average Bonchev–Trinajstić information content (AvgIpc) is 2.44. The Kier molecular flexibility index (Phi) is 5.37. The van der Waals surface area contributed by atoms with E-state index in [0.717, 1.165) is 17.2 Å². The van der Waals surface area contributed by atoms with Crippen LogP contribution in [-0.4, -0.2) is 0 Å². The highest BCUT2D eigenvalue weighted by molar-refractivity contribution is 6.34. The molecule has 0 N–H and O–H groups in total. The summed E-state index contributed by atoms with van der Waals surface area (Å²) in [5.41, 5.74) is 2.04. The maximum Gasteiger partial charge on any atom is 0.162 e. The Morgan fingerprint density at radius 1 is 1.04 bits per heavy atom. The molecule has 1 atom stereocenters. The van der Waals surface area contributed by atoms with Crippen LogP contribution in [-0.2, 0) is 11.8 Å². The van der Waals surface area contributed by atoms with E-state index in [1.807, 2.05) is 19.1 Å². The van der Waals surface area contributed by atoms with E-state index in [1.165, 1.54) is 6.07 Å². The fourth-order valence-corrected chi connectivity index (χ4v) is 3.37. The third-order valence-corrected chi connectivity index (χ3v) is 4.65. The van der Waals surface area contributed by atoms with Gasteiger partial charge in [-0.3, -0.25) is 0 Å². The molecular formula is C19H20Cl2F2. The average molecular weight is 357 g/mol. The van der Waals surface area contributed by atoms with Crippen LogP contribution in [0.2, 0.25) is 10.0 Å². The zero-order valence-corrected chi connectivity index (χ0v) is 15.2. The molecule has 0 aromatic heterocycles. The Bertz CT molecular complexity index is 718. The summed E-state index contributed by atoms with van der Waals surface area (Å²) in [4.78, 5) is 0. The van der Waals surface area contributed by atoms with E-state index < -0.39 is 11.6 Å². The van der Waals surface area contributed by atoms with Gasteiger partial charge in [-0.2, -0.15) is 0 Å². The summed E-state index contributed by atoms with van der Waals surface area (Å²) in [6.45, 7) is 8.04. The van der Waals surface area contributed by atoms with Gasteiger partial charge >= 0.3 is 0 Å². The number of halogens is 4. The lowest BCUT2D eigenvalue weighted by Gasteiger charge is -2.23. The number of benzene rings is 2. The number of hydrogen-bond donors (Lipinski definition) is 0. The zero-order valence-electron chi connectivity index (χ0n) is 13.7. The largest absolute Gasteiger partial charge is 0.204 e. The molecule has 0 spiro atoms. The minimum atomic E-state index is -0.832. The first-order valence-corrected chi connectivity index (χ1v) is 8.29. The third kappa shape index (κ3) is 4.05. The summed E-state index contributed by atoms with van der Waals surface area (Å²) in [6.07, 6.45) is 0.489. The summed E-state index contributed by atoms with van der Waals surface area (Å²) in [5, 5.41) is 1.24. The van der Waals surface area contributed by atoms with E-state index in [1.54, 1.807) is 6.07 Å². The summed E-state index contributed by atoms with van der Waals surface area (Å²) < 4.78 is 27.3. The van der Waals surface area contributed by atoms with E-state index in [0.29, 0.717) is 22.0 Å². The first kappa shape index (κ1) is 18.2. The fraction of sp³-hybridized carbons (Fsp3) is 0.368. The van der Waals surface area contributed by atoms with Crippen LogP contribution in [0.5, 0.6) is 0 Å². The standard InChI is InChI=1S/C19H20Cl2F2/c1-11(13-6-5-7-17(22)18(13)23)8-12-9-16(21)14(10-15(12)20)19(2,3)4/h5-7,9-11H,8H2,1-4H3. The van der Waals surface area contributed by atoms with Crippen LogP contribution < -0.4 is 0 Å². The van der Waals surface area contributed by atoms with Gasteiger partial charge in [0.25, 0.3) is 0 Å². The lowest BCUT2D eigenvalue weighted by atomic mass is 9.85. The molecule has 2 aromatic carbocycles. The van der Waals surface area contributed by atoms with Crippen LogP contribution in [0.1, 0.15) is 50.3 Å². The molecule has 1 unspecified atom stereocenters. The van der Waals surface area contributed by atoms with Crippen LogP contribution in [0, 0.1) is 11.6 Å². The van der Waals surface area contributed by atoms with E-state index in [-0.39, 0.29) is 11.3 Å².